The predicted molar refractivity (Wildman–Crippen MR) is 49.9 cm³/mol. The summed E-state index contributed by atoms with van der Waals surface area (Å²) in [6.45, 7) is 0.511. The summed E-state index contributed by atoms with van der Waals surface area (Å²) in [5.74, 6) is 0. The van der Waals surface area contributed by atoms with Gasteiger partial charge in [-0.25, -0.2) is 0 Å². The van der Waals surface area contributed by atoms with E-state index in [0.29, 0.717) is 30.6 Å². The normalized spacial score (nSPS) is 9.43. The Labute approximate surface area is 82.1 Å². The Morgan fingerprint density at radius 1 is 1.71 bits per heavy atom. The molecule has 1 aromatic rings. The Hall–Kier alpha value is -1.73. The third kappa shape index (κ3) is 2.38. The fraction of sp³-hybridized carbons (Fsp3) is 0.300. The molecule has 72 valence electrons. The van der Waals surface area contributed by atoms with Gasteiger partial charge in [0.2, 0.25) is 0 Å². The van der Waals surface area contributed by atoms with E-state index in [2.05, 4.69) is 4.98 Å². The highest BCUT2D eigenvalue weighted by molar-refractivity contribution is 5.74. The summed E-state index contributed by atoms with van der Waals surface area (Å²) in [5.41, 5.74) is 1.59. The predicted octanol–water partition coefficient (Wildman–Crippen LogP) is 0.955. The monoisotopic (exact) mass is 190 g/mol. The maximum absolute atomic E-state index is 10.6. The molecule has 0 N–H and O–H groups in total. The van der Waals surface area contributed by atoms with Crippen LogP contribution in [0.5, 0.6) is 0 Å². The molecule has 4 nitrogen and oxygen atoms in total. The van der Waals surface area contributed by atoms with E-state index in [1.807, 2.05) is 6.07 Å². The number of hydrogen-bond donors (Lipinski definition) is 0. The van der Waals surface area contributed by atoms with Crippen molar-refractivity contribution >= 4 is 6.29 Å². The average Bonchev–Trinajstić information content (AvgIpc) is 2.25. The number of carbonyl (C=O) groups is 1. The molecule has 0 aliphatic carbocycles. The molecular formula is C10H10N2O2. The molecule has 1 aromatic heterocycles. The lowest BCUT2D eigenvalue weighted by Crippen LogP contribution is -2.01. The highest BCUT2D eigenvalue weighted by atomic mass is 16.5. The molecule has 0 saturated heterocycles. The summed E-state index contributed by atoms with van der Waals surface area (Å²) >= 11 is 0. The first kappa shape index (κ1) is 10.4. The molecule has 0 aromatic carbocycles. The lowest BCUT2D eigenvalue weighted by atomic mass is 10.1. The topological polar surface area (TPSA) is 63.0 Å². The summed E-state index contributed by atoms with van der Waals surface area (Å²) in [4.78, 5) is 14.5. The SMILES string of the molecule is COCCc1cc(C#N)cnc1C=O. The lowest BCUT2D eigenvalue weighted by molar-refractivity contribution is 0.111. The lowest BCUT2D eigenvalue weighted by Gasteiger charge is -2.02. The van der Waals surface area contributed by atoms with Gasteiger partial charge in [0.25, 0.3) is 0 Å². The van der Waals surface area contributed by atoms with Crippen LogP contribution in [0.4, 0.5) is 0 Å². The molecule has 4 heteroatoms. The zero-order valence-electron chi connectivity index (χ0n) is 7.86. The number of pyridine rings is 1. The number of nitriles is 1. The standard InChI is InChI=1S/C10H10N2O2/c1-14-3-2-9-4-8(5-11)6-12-10(9)7-13/h4,6-7H,2-3H2,1H3. The second-order valence-corrected chi connectivity index (χ2v) is 2.74. The molecule has 0 atom stereocenters. The minimum atomic E-state index is 0.376. The number of methoxy groups -OCH3 is 1. The Morgan fingerprint density at radius 2 is 2.50 bits per heavy atom. The van der Waals surface area contributed by atoms with Crippen molar-refractivity contribution < 1.29 is 9.53 Å². The van der Waals surface area contributed by atoms with E-state index in [1.54, 1.807) is 13.2 Å². The van der Waals surface area contributed by atoms with Gasteiger partial charge in [0.15, 0.2) is 6.29 Å². The third-order valence-electron chi connectivity index (χ3n) is 1.82. The van der Waals surface area contributed by atoms with Crippen molar-refractivity contribution in [2.75, 3.05) is 13.7 Å². The van der Waals surface area contributed by atoms with E-state index >= 15 is 0 Å². The molecule has 0 amide bonds. The van der Waals surface area contributed by atoms with Gasteiger partial charge in [0, 0.05) is 13.3 Å². The van der Waals surface area contributed by atoms with Gasteiger partial charge in [0.05, 0.1) is 12.2 Å². The molecule has 0 unspecified atom stereocenters. The minimum Gasteiger partial charge on any atom is -0.384 e. The van der Waals surface area contributed by atoms with E-state index in [0.717, 1.165) is 5.56 Å². The van der Waals surface area contributed by atoms with Crippen molar-refractivity contribution in [2.24, 2.45) is 0 Å². The zero-order chi connectivity index (χ0) is 10.4. The average molecular weight is 190 g/mol. The Morgan fingerprint density at radius 3 is 3.07 bits per heavy atom. The molecule has 14 heavy (non-hydrogen) atoms. The van der Waals surface area contributed by atoms with Crippen LogP contribution < -0.4 is 0 Å². The van der Waals surface area contributed by atoms with Gasteiger partial charge in [0.1, 0.15) is 11.8 Å². The van der Waals surface area contributed by atoms with E-state index < -0.39 is 0 Å². The fourth-order valence-corrected chi connectivity index (χ4v) is 1.10. The van der Waals surface area contributed by atoms with Crippen molar-refractivity contribution in [1.29, 1.82) is 5.26 Å². The van der Waals surface area contributed by atoms with Crippen LogP contribution in [0.15, 0.2) is 12.3 Å². The Bertz CT molecular complexity index is 369. The second-order valence-electron chi connectivity index (χ2n) is 2.74. The minimum absolute atomic E-state index is 0.376. The van der Waals surface area contributed by atoms with Crippen LogP contribution in [0.3, 0.4) is 0 Å². The van der Waals surface area contributed by atoms with E-state index in [-0.39, 0.29) is 0 Å². The van der Waals surface area contributed by atoms with Gasteiger partial charge in [-0.1, -0.05) is 0 Å². The number of aromatic nitrogens is 1. The number of rotatable bonds is 4. The van der Waals surface area contributed by atoms with Crippen LogP contribution in [0, 0.1) is 11.3 Å². The van der Waals surface area contributed by atoms with Gasteiger partial charge in [-0.3, -0.25) is 9.78 Å². The van der Waals surface area contributed by atoms with Crippen molar-refractivity contribution in [3.63, 3.8) is 0 Å². The van der Waals surface area contributed by atoms with E-state index in [1.165, 1.54) is 6.20 Å². The highest BCUT2D eigenvalue weighted by Gasteiger charge is 2.04. The Balaban J connectivity index is 2.97. The zero-order valence-corrected chi connectivity index (χ0v) is 7.86. The van der Waals surface area contributed by atoms with Gasteiger partial charge in [-0.15, -0.1) is 0 Å². The molecular weight excluding hydrogens is 180 g/mol. The summed E-state index contributed by atoms with van der Waals surface area (Å²) in [5, 5.41) is 8.64. The second kappa shape index (κ2) is 5.10. The number of aldehydes is 1. The third-order valence-corrected chi connectivity index (χ3v) is 1.82. The van der Waals surface area contributed by atoms with Gasteiger partial charge < -0.3 is 4.74 Å². The summed E-state index contributed by atoms with van der Waals surface area (Å²) in [6, 6.07) is 3.64. The van der Waals surface area contributed by atoms with Crippen LogP contribution in [0.25, 0.3) is 0 Å². The van der Waals surface area contributed by atoms with Crippen LogP contribution in [0.1, 0.15) is 21.6 Å². The van der Waals surface area contributed by atoms with Crippen molar-refractivity contribution in [2.45, 2.75) is 6.42 Å². The van der Waals surface area contributed by atoms with Gasteiger partial charge in [-0.05, 0) is 18.1 Å². The maximum Gasteiger partial charge on any atom is 0.168 e. The summed E-state index contributed by atoms with van der Waals surface area (Å²) < 4.78 is 4.89. The van der Waals surface area contributed by atoms with Crippen molar-refractivity contribution in [3.8, 4) is 6.07 Å². The van der Waals surface area contributed by atoms with Crippen LogP contribution in [-0.2, 0) is 11.2 Å². The highest BCUT2D eigenvalue weighted by Crippen LogP contribution is 2.07. The van der Waals surface area contributed by atoms with Crippen LogP contribution in [-0.4, -0.2) is 25.0 Å². The molecule has 1 heterocycles. The molecule has 0 aliphatic heterocycles. The number of hydrogen-bond acceptors (Lipinski definition) is 4. The molecule has 0 radical (unpaired) electrons. The van der Waals surface area contributed by atoms with E-state index in [9.17, 15) is 4.79 Å². The molecule has 0 bridgehead atoms. The number of nitrogens with zero attached hydrogens (tertiary/aromatic N) is 2. The first-order chi connectivity index (χ1) is 6.81. The van der Waals surface area contributed by atoms with Crippen LogP contribution >= 0.6 is 0 Å². The first-order valence-electron chi connectivity index (χ1n) is 4.15. The smallest absolute Gasteiger partial charge is 0.168 e. The number of ether oxygens (including phenoxy) is 1. The largest absolute Gasteiger partial charge is 0.384 e. The quantitative estimate of drug-likeness (QED) is 0.663. The van der Waals surface area contributed by atoms with Gasteiger partial charge in [-0.2, -0.15) is 5.26 Å². The van der Waals surface area contributed by atoms with E-state index in [4.69, 9.17) is 10.00 Å². The number of carbonyl (C=O) groups excluding carboxylic acids is 1. The molecule has 0 saturated carbocycles. The van der Waals surface area contributed by atoms with Crippen molar-refractivity contribution in [3.05, 3.63) is 29.1 Å². The van der Waals surface area contributed by atoms with Crippen molar-refractivity contribution in [1.82, 2.24) is 4.98 Å². The summed E-state index contributed by atoms with van der Waals surface area (Å²) in [6.07, 6.45) is 2.67. The maximum atomic E-state index is 10.6. The van der Waals surface area contributed by atoms with Crippen LogP contribution in [0.2, 0.25) is 0 Å². The fourth-order valence-electron chi connectivity index (χ4n) is 1.10. The molecule has 0 aliphatic rings. The molecule has 0 fully saturated rings. The summed E-state index contributed by atoms with van der Waals surface area (Å²) in [7, 11) is 1.59. The first-order valence-corrected chi connectivity index (χ1v) is 4.15. The molecule has 0 spiro atoms. The Kier molecular flexibility index (Phi) is 3.77. The molecule has 1 rings (SSSR count). The van der Waals surface area contributed by atoms with Gasteiger partial charge >= 0.3 is 0 Å².